The Morgan fingerprint density at radius 3 is 2.81 bits per heavy atom. The van der Waals surface area contributed by atoms with Crippen molar-refractivity contribution in [2.24, 2.45) is 5.73 Å². The molecule has 1 atom stereocenters. The molecule has 2 aromatic rings. The molecule has 1 fully saturated rings. The quantitative estimate of drug-likeness (QED) is 0.827. The predicted octanol–water partition coefficient (Wildman–Crippen LogP) is 2.86. The second-order valence-electron chi connectivity index (χ2n) is 6.38. The number of amides is 1. The minimum atomic E-state index is -0.289. The van der Waals surface area contributed by atoms with Crippen molar-refractivity contribution in [1.82, 2.24) is 4.90 Å². The molecule has 1 aliphatic rings. The van der Waals surface area contributed by atoms with Gasteiger partial charge >= 0.3 is 0 Å². The zero-order chi connectivity index (χ0) is 18.5. The van der Waals surface area contributed by atoms with Gasteiger partial charge in [0.1, 0.15) is 23.9 Å². The number of hydrogen-bond acceptors (Lipinski definition) is 4. The van der Waals surface area contributed by atoms with Crippen LogP contribution in [0, 0.1) is 5.82 Å². The van der Waals surface area contributed by atoms with E-state index in [9.17, 15) is 9.18 Å². The van der Waals surface area contributed by atoms with Crippen LogP contribution in [-0.4, -0.2) is 30.5 Å². The molecular formula is C20H23FN2O3. The molecule has 0 saturated carbocycles. The molecule has 0 spiro atoms. The van der Waals surface area contributed by atoms with Crippen molar-refractivity contribution in [2.45, 2.75) is 32.0 Å². The van der Waals surface area contributed by atoms with Crippen molar-refractivity contribution >= 4 is 5.91 Å². The number of carbonyl (C=O) groups excluding carboxylic acids is 1. The van der Waals surface area contributed by atoms with Crippen molar-refractivity contribution in [1.29, 1.82) is 0 Å². The summed E-state index contributed by atoms with van der Waals surface area (Å²) in [5.74, 6) is 0.696. The second kappa shape index (κ2) is 8.19. The second-order valence-corrected chi connectivity index (χ2v) is 6.38. The zero-order valence-corrected chi connectivity index (χ0v) is 14.8. The average Bonchev–Trinajstić information content (AvgIpc) is 3.10. The number of primary amides is 1. The largest absolute Gasteiger partial charge is 0.496 e. The Kier molecular flexibility index (Phi) is 5.73. The zero-order valence-electron chi connectivity index (χ0n) is 14.8. The Labute approximate surface area is 152 Å². The van der Waals surface area contributed by atoms with Gasteiger partial charge in [-0.1, -0.05) is 24.3 Å². The van der Waals surface area contributed by atoms with Gasteiger partial charge in [-0.05, 0) is 31.5 Å². The van der Waals surface area contributed by atoms with E-state index in [-0.39, 0.29) is 24.4 Å². The molecule has 3 rings (SSSR count). The van der Waals surface area contributed by atoms with E-state index in [0.717, 1.165) is 24.9 Å². The molecule has 5 nitrogen and oxygen atoms in total. The van der Waals surface area contributed by atoms with Gasteiger partial charge in [-0.3, -0.25) is 9.69 Å². The molecule has 0 aromatic heterocycles. The Morgan fingerprint density at radius 1 is 1.27 bits per heavy atom. The lowest BCUT2D eigenvalue weighted by Crippen LogP contribution is -2.39. The number of nitrogens with two attached hydrogens (primary N) is 1. The van der Waals surface area contributed by atoms with Crippen LogP contribution in [0.25, 0.3) is 0 Å². The molecule has 26 heavy (non-hydrogen) atoms. The SMILES string of the molecule is COc1cc(OCc2ccccc2F)ccc1CN1CCC[C@H]1C(N)=O. The van der Waals surface area contributed by atoms with E-state index >= 15 is 0 Å². The normalized spacial score (nSPS) is 17.2. The Morgan fingerprint density at radius 2 is 2.08 bits per heavy atom. The number of methoxy groups -OCH3 is 1. The van der Waals surface area contributed by atoms with E-state index in [4.69, 9.17) is 15.2 Å². The fourth-order valence-electron chi connectivity index (χ4n) is 3.28. The summed E-state index contributed by atoms with van der Waals surface area (Å²) in [7, 11) is 1.59. The first-order chi connectivity index (χ1) is 12.6. The predicted molar refractivity (Wildman–Crippen MR) is 96.4 cm³/mol. The molecule has 1 amide bonds. The monoisotopic (exact) mass is 358 g/mol. The van der Waals surface area contributed by atoms with Crippen LogP contribution in [0.1, 0.15) is 24.0 Å². The molecule has 1 heterocycles. The maximum absolute atomic E-state index is 13.7. The van der Waals surface area contributed by atoms with Crippen molar-refractivity contribution in [3.05, 3.63) is 59.4 Å². The number of nitrogens with zero attached hydrogens (tertiary/aromatic N) is 1. The molecule has 0 radical (unpaired) electrons. The highest BCUT2D eigenvalue weighted by Gasteiger charge is 2.29. The summed E-state index contributed by atoms with van der Waals surface area (Å²) < 4.78 is 24.8. The van der Waals surface area contributed by atoms with Crippen molar-refractivity contribution < 1.29 is 18.7 Å². The molecule has 138 valence electrons. The third-order valence-corrected chi connectivity index (χ3v) is 4.68. The van der Waals surface area contributed by atoms with E-state index in [2.05, 4.69) is 4.90 Å². The van der Waals surface area contributed by atoms with Gasteiger partial charge in [0.25, 0.3) is 0 Å². The summed E-state index contributed by atoms with van der Waals surface area (Å²) >= 11 is 0. The Balaban J connectivity index is 1.69. The number of carbonyl (C=O) groups is 1. The Hall–Kier alpha value is -2.60. The van der Waals surface area contributed by atoms with E-state index in [1.54, 1.807) is 31.4 Å². The summed E-state index contributed by atoms with van der Waals surface area (Å²) in [6.45, 7) is 1.57. The lowest BCUT2D eigenvalue weighted by molar-refractivity contribution is -0.122. The molecule has 0 bridgehead atoms. The van der Waals surface area contributed by atoms with Gasteiger partial charge in [-0.25, -0.2) is 4.39 Å². The first kappa shape index (κ1) is 18.2. The summed E-state index contributed by atoms with van der Waals surface area (Å²) in [6, 6.07) is 11.8. The van der Waals surface area contributed by atoms with Gasteiger partial charge < -0.3 is 15.2 Å². The molecule has 0 aliphatic carbocycles. The van der Waals surface area contributed by atoms with Crippen LogP contribution in [0.2, 0.25) is 0 Å². The fourth-order valence-corrected chi connectivity index (χ4v) is 3.28. The van der Waals surface area contributed by atoms with E-state index in [0.29, 0.717) is 23.6 Å². The van der Waals surface area contributed by atoms with Gasteiger partial charge in [0.05, 0.1) is 13.2 Å². The molecule has 2 N–H and O–H groups in total. The first-order valence-corrected chi connectivity index (χ1v) is 8.65. The van der Waals surface area contributed by atoms with Gasteiger partial charge in [0.2, 0.25) is 5.91 Å². The minimum Gasteiger partial charge on any atom is -0.496 e. The lowest BCUT2D eigenvalue weighted by atomic mass is 10.1. The third-order valence-electron chi connectivity index (χ3n) is 4.68. The number of ether oxygens (including phenoxy) is 2. The minimum absolute atomic E-state index is 0.144. The standard InChI is InChI=1S/C20H23FN2O3/c1-25-19-11-16(26-13-15-5-2-3-6-17(15)21)9-8-14(19)12-23-10-4-7-18(23)20(22)24/h2-3,5-6,8-9,11,18H,4,7,10,12-13H2,1H3,(H2,22,24)/t18-/m0/s1. The highest BCUT2D eigenvalue weighted by Crippen LogP contribution is 2.29. The van der Waals surface area contributed by atoms with Crippen LogP contribution in [-0.2, 0) is 17.9 Å². The van der Waals surface area contributed by atoms with E-state index in [1.807, 2.05) is 12.1 Å². The van der Waals surface area contributed by atoms with Crippen molar-refractivity contribution in [2.75, 3.05) is 13.7 Å². The summed E-state index contributed by atoms with van der Waals surface area (Å²) in [6.07, 6.45) is 1.75. The van der Waals surface area contributed by atoms with Crippen LogP contribution in [0.4, 0.5) is 4.39 Å². The van der Waals surface area contributed by atoms with Crippen LogP contribution in [0.5, 0.6) is 11.5 Å². The topological polar surface area (TPSA) is 64.8 Å². The number of hydrogen-bond donors (Lipinski definition) is 1. The van der Waals surface area contributed by atoms with Crippen LogP contribution < -0.4 is 15.2 Å². The Bertz CT molecular complexity index is 781. The van der Waals surface area contributed by atoms with Gasteiger partial charge in [0.15, 0.2) is 0 Å². The maximum atomic E-state index is 13.7. The molecule has 1 saturated heterocycles. The molecule has 2 aromatic carbocycles. The van der Waals surface area contributed by atoms with Crippen molar-refractivity contribution in [3.63, 3.8) is 0 Å². The number of halogens is 1. The average molecular weight is 358 g/mol. The molecule has 6 heteroatoms. The molecule has 1 aliphatic heterocycles. The smallest absolute Gasteiger partial charge is 0.234 e. The summed E-state index contributed by atoms with van der Waals surface area (Å²) in [5, 5.41) is 0. The van der Waals surface area contributed by atoms with E-state index in [1.165, 1.54) is 6.07 Å². The highest BCUT2D eigenvalue weighted by molar-refractivity contribution is 5.80. The summed E-state index contributed by atoms with van der Waals surface area (Å²) in [4.78, 5) is 13.6. The highest BCUT2D eigenvalue weighted by atomic mass is 19.1. The number of rotatable bonds is 7. The number of benzene rings is 2. The first-order valence-electron chi connectivity index (χ1n) is 8.65. The maximum Gasteiger partial charge on any atom is 0.234 e. The van der Waals surface area contributed by atoms with E-state index < -0.39 is 0 Å². The van der Waals surface area contributed by atoms with Crippen LogP contribution >= 0.6 is 0 Å². The number of likely N-dealkylation sites (tertiary alicyclic amines) is 1. The van der Waals surface area contributed by atoms with Gasteiger partial charge in [-0.15, -0.1) is 0 Å². The third kappa shape index (κ3) is 4.14. The molecular weight excluding hydrogens is 335 g/mol. The van der Waals surface area contributed by atoms with Crippen LogP contribution in [0.15, 0.2) is 42.5 Å². The van der Waals surface area contributed by atoms with Gasteiger partial charge in [-0.2, -0.15) is 0 Å². The van der Waals surface area contributed by atoms with Gasteiger partial charge in [0, 0.05) is 23.7 Å². The lowest BCUT2D eigenvalue weighted by Gasteiger charge is -2.23. The van der Waals surface area contributed by atoms with Crippen molar-refractivity contribution in [3.8, 4) is 11.5 Å². The summed E-state index contributed by atoms with van der Waals surface area (Å²) in [5.41, 5.74) is 6.94. The van der Waals surface area contributed by atoms with Crippen LogP contribution in [0.3, 0.4) is 0 Å². The molecule has 0 unspecified atom stereocenters. The fraction of sp³-hybridized carbons (Fsp3) is 0.350.